The van der Waals surface area contributed by atoms with Gasteiger partial charge >= 0.3 is 0 Å². The molecule has 2 rings (SSSR count). The Morgan fingerprint density at radius 3 is 2.68 bits per heavy atom. The maximum Gasteiger partial charge on any atom is 0.153 e. The fourth-order valence-electron chi connectivity index (χ4n) is 1.56. The van der Waals surface area contributed by atoms with E-state index in [-0.39, 0.29) is 12.2 Å². The van der Waals surface area contributed by atoms with Crippen LogP contribution in [0.15, 0.2) is 40.9 Å². The van der Waals surface area contributed by atoms with Gasteiger partial charge in [-0.2, -0.15) is 0 Å². The Balaban J connectivity index is 2.21. The van der Waals surface area contributed by atoms with Gasteiger partial charge < -0.3 is 4.74 Å². The van der Waals surface area contributed by atoms with E-state index >= 15 is 0 Å². The van der Waals surface area contributed by atoms with Crippen LogP contribution in [0.2, 0.25) is 0 Å². The number of hydrogen-bond acceptors (Lipinski definition) is 2. The van der Waals surface area contributed by atoms with Crippen LogP contribution in [0.4, 0.5) is 8.78 Å². The van der Waals surface area contributed by atoms with Gasteiger partial charge in [-0.3, -0.25) is 4.79 Å². The van der Waals surface area contributed by atoms with Crippen molar-refractivity contribution in [2.24, 2.45) is 0 Å². The van der Waals surface area contributed by atoms with Gasteiger partial charge in [0.25, 0.3) is 0 Å². The van der Waals surface area contributed by atoms with Gasteiger partial charge in [0.15, 0.2) is 6.29 Å². The first-order chi connectivity index (χ1) is 9.11. The molecule has 0 atom stereocenters. The van der Waals surface area contributed by atoms with Crippen LogP contribution in [0.25, 0.3) is 0 Å². The summed E-state index contributed by atoms with van der Waals surface area (Å²) in [7, 11) is 0. The predicted molar refractivity (Wildman–Crippen MR) is 70.2 cm³/mol. The third kappa shape index (κ3) is 3.17. The third-order valence-corrected chi connectivity index (χ3v) is 3.14. The summed E-state index contributed by atoms with van der Waals surface area (Å²) in [6.45, 7) is -0.0877. The number of rotatable bonds is 4. The summed E-state index contributed by atoms with van der Waals surface area (Å²) >= 11 is 3.25. The minimum atomic E-state index is -0.681. The fraction of sp³-hybridized carbons (Fsp3) is 0.0714. The molecule has 19 heavy (non-hydrogen) atoms. The third-order valence-electron chi connectivity index (χ3n) is 2.51. The van der Waals surface area contributed by atoms with Crippen LogP contribution < -0.4 is 4.74 Å². The van der Waals surface area contributed by atoms with Crippen LogP contribution in [-0.2, 0) is 6.61 Å². The number of halogens is 3. The Morgan fingerprint density at radius 1 is 1.21 bits per heavy atom. The van der Waals surface area contributed by atoms with E-state index in [1.54, 1.807) is 18.2 Å². The van der Waals surface area contributed by atoms with E-state index in [0.717, 1.165) is 12.1 Å². The number of aldehydes is 1. The molecule has 2 aromatic carbocycles. The Kier molecular flexibility index (Phi) is 4.27. The van der Waals surface area contributed by atoms with E-state index in [1.807, 2.05) is 0 Å². The standard InChI is InChI=1S/C14H9BrF2O2/c15-12-3-1-2-9(7-18)14(12)19-8-10-4-5-11(16)6-13(10)17/h1-7H,8H2. The Labute approximate surface area is 117 Å². The summed E-state index contributed by atoms with van der Waals surface area (Å²) in [5.74, 6) is -0.989. The molecule has 0 aliphatic carbocycles. The van der Waals surface area contributed by atoms with Gasteiger partial charge in [-0.25, -0.2) is 8.78 Å². The van der Waals surface area contributed by atoms with Crippen LogP contribution in [0, 0.1) is 11.6 Å². The van der Waals surface area contributed by atoms with Gasteiger partial charge in [-0.15, -0.1) is 0 Å². The molecule has 2 aromatic rings. The fourth-order valence-corrected chi connectivity index (χ4v) is 2.06. The first kappa shape index (κ1) is 13.7. The number of carbonyl (C=O) groups excluding carboxylic acids is 1. The number of benzene rings is 2. The van der Waals surface area contributed by atoms with Gasteiger partial charge in [0.2, 0.25) is 0 Å². The maximum atomic E-state index is 13.4. The van der Waals surface area contributed by atoms with Gasteiger partial charge in [0.05, 0.1) is 10.0 Å². The summed E-state index contributed by atoms with van der Waals surface area (Å²) < 4.78 is 32.2. The highest BCUT2D eigenvalue weighted by Gasteiger charge is 2.10. The van der Waals surface area contributed by atoms with Crippen molar-refractivity contribution in [2.75, 3.05) is 0 Å². The monoisotopic (exact) mass is 326 g/mol. The minimum Gasteiger partial charge on any atom is -0.487 e. The summed E-state index contributed by atoms with van der Waals surface area (Å²) in [4.78, 5) is 10.9. The molecule has 98 valence electrons. The highest BCUT2D eigenvalue weighted by atomic mass is 79.9. The predicted octanol–water partition coefficient (Wildman–Crippen LogP) is 4.12. The highest BCUT2D eigenvalue weighted by Crippen LogP contribution is 2.29. The molecule has 0 aliphatic heterocycles. The van der Waals surface area contributed by atoms with E-state index in [9.17, 15) is 13.6 Å². The zero-order chi connectivity index (χ0) is 13.8. The van der Waals surface area contributed by atoms with Gasteiger partial charge in [-0.1, -0.05) is 6.07 Å². The van der Waals surface area contributed by atoms with Crippen molar-refractivity contribution in [2.45, 2.75) is 6.61 Å². The van der Waals surface area contributed by atoms with Gasteiger partial charge in [-0.05, 0) is 40.2 Å². The van der Waals surface area contributed by atoms with Crippen LogP contribution in [0.5, 0.6) is 5.75 Å². The largest absolute Gasteiger partial charge is 0.487 e. The maximum absolute atomic E-state index is 13.4. The number of hydrogen-bond donors (Lipinski definition) is 0. The summed E-state index contributed by atoms with van der Waals surface area (Å²) in [5, 5.41) is 0. The SMILES string of the molecule is O=Cc1cccc(Br)c1OCc1ccc(F)cc1F. The first-order valence-electron chi connectivity index (χ1n) is 5.42. The molecular formula is C14H9BrF2O2. The van der Waals surface area contributed by atoms with Crippen molar-refractivity contribution < 1.29 is 18.3 Å². The molecule has 5 heteroatoms. The molecule has 0 heterocycles. The van der Waals surface area contributed by atoms with Crippen molar-refractivity contribution in [3.05, 3.63) is 63.6 Å². The molecule has 0 saturated carbocycles. The van der Waals surface area contributed by atoms with Gasteiger partial charge in [0.1, 0.15) is 24.0 Å². The molecular weight excluding hydrogens is 318 g/mol. The second-order valence-corrected chi connectivity index (χ2v) is 4.65. The Hall–Kier alpha value is -1.75. The van der Waals surface area contributed by atoms with Gasteiger partial charge in [0, 0.05) is 11.6 Å². The summed E-state index contributed by atoms with van der Waals surface area (Å²) in [6, 6.07) is 8.25. The normalized spacial score (nSPS) is 10.3. The number of para-hydroxylation sites is 1. The van der Waals surface area contributed by atoms with Crippen molar-refractivity contribution >= 4 is 22.2 Å². The number of carbonyl (C=O) groups is 1. The summed E-state index contributed by atoms with van der Waals surface area (Å²) in [6.07, 6.45) is 0.654. The van der Waals surface area contributed by atoms with Crippen LogP contribution >= 0.6 is 15.9 Å². The first-order valence-corrected chi connectivity index (χ1v) is 6.21. The lowest BCUT2D eigenvalue weighted by Crippen LogP contribution is -2.01. The molecule has 0 aromatic heterocycles. The van der Waals surface area contributed by atoms with E-state index < -0.39 is 11.6 Å². The molecule has 0 spiro atoms. The lowest BCUT2D eigenvalue weighted by atomic mass is 10.2. The van der Waals surface area contributed by atoms with Crippen LogP contribution in [0.3, 0.4) is 0 Å². The lowest BCUT2D eigenvalue weighted by molar-refractivity contribution is 0.111. The topological polar surface area (TPSA) is 26.3 Å². The summed E-state index contributed by atoms with van der Waals surface area (Å²) in [5.41, 5.74) is 0.575. The average molecular weight is 327 g/mol. The van der Waals surface area contributed by atoms with Crippen molar-refractivity contribution in [1.82, 2.24) is 0 Å². The lowest BCUT2D eigenvalue weighted by Gasteiger charge is -2.10. The molecule has 0 fully saturated rings. The smallest absolute Gasteiger partial charge is 0.153 e. The van der Waals surface area contributed by atoms with E-state index in [4.69, 9.17) is 4.74 Å². The second-order valence-electron chi connectivity index (χ2n) is 3.80. The van der Waals surface area contributed by atoms with E-state index in [1.165, 1.54) is 6.07 Å². The van der Waals surface area contributed by atoms with Crippen molar-refractivity contribution in [3.8, 4) is 5.75 Å². The highest BCUT2D eigenvalue weighted by molar-refractivity contribution is 9.10. The molecule has 0 aliphatic rings. The zero-order valence-electron chi connectivity index (χ0n) is 9.70. The molecule has 0 radical (unpaired) electrons. The molecule has 0 unspecified atom stereocenters. The molecule has 0 bridgehead atoms. The minimum absolute atomic E-state index is 0.0877. The molecule has 0 saturated heterocycles. The van der Waals surface area contributed by atoms with E-state index in [0.29, 0.717) is 22.1 Å². The number of ether oxygens (including phenoxy) is 1. The Bertz CT molecular complexity index is 614. The molecule has 0 N–H and O–H groups in total. The zero-order valence-corrected chi connectivity index (χ0v) is 11.3. The van der Waals surface area contributed by atoms with E-state index in [2.05, 4.69) is 15.9 Å². The average Bonchev–Trinajstić information content (AvgIpc) is 2.39. The van der Waals surface area contributed by atoms with Crippen molar-refractivity contribution in [1.29, 1.82) is 0 Å². The van der Waals surface area contributed by atoms with Crippen LogP contribution in [0.1, 0.15) is 15.9 Å². The second kappa shape index (κ2) is 5.93. The van der Waals surface area contributed by atoms with Crippen LogP contribution in [-0.4, -0.2) is 6.29 Å². The van der Waals surface area contributed by atoms with Crippen molar-refractivity contribution in [3.63, 3.8) is 0 Å². The quantitative estimate of drug-likeness (QED) is 0.790. The molecule has 2 nitrogen and oxygen atoms in total. The molecule has 0 amide bonds. The Morgan fingerprint density at radius 2 is 2.00 bits per heavy atom.